The Morgan fingerprint density at radius 3 is 2.03 bits per heavy atom. The number of benzene rings is 3. The van der Waals surface area contributed by atoms with Crippen LogP contribution in [0.2, 0.25) is 0 Å². The van der Waals surface area contributed by atoms with Crippen molar-refractivity contribution < 1.29 is 14.7 Å². The van der Waals surface area contributed by atoms with E-state index in [1.165, 1.54) is 0 Å². The van der Waals surface area contributed by atoms with Gasteiger partial charge in [-0.3, -0.25) is 14.5 Å². The van der Waals surface area contributed by atoms with Gasteiger partial charge in [0.2, 0.25) is 0 Å². The van der Waals surface area contributed by atoms with Crippen molar-refractivity contribution in [3.63, 3.8) is 0 Å². The molecule has 5 heteroatoms. The summed E-state index contributed by atoms with van der Waals surface area (Å²) in [4.78, 5) is 26.5. The van der Waals surface area contributed by atoms with E-state index in [2.05, 4.69) is 17.6 Å². The monoisotopic (exact) mass is 410 g/mol. The van der Waals surface area contributed by atoms with Gasteiger partial charge in [-0.2, -0.15) is 0 Å². The highest BCUT2D eigenvalue weighted by molar-refractivity contribution is 6.21. The predicted octanol–water partition coefficient (Wildman–Crippen LogP) is 4.27. The Hall–Kier alpha value is -3.70. The van der Waals surface area contributed by atoms with Gasteiger partial charge in [0.1, 0.15) is 0 Å². The number of nitrogens with zero attached hydrogens (tertiary/aromatic N) is 2. The van der Waals surface area contributed by atoms with Crippen molar-refractivity contribution in [3.05, 3.63) is 95.6 Å². The lowest BCUT2D eigenvalue weighted by Gasteiger charge is -2.21. The Bertz CT molecular complexity index is 1270. The van der Waals surface area contributed by atoms with Crippen LogP contribution in [-0.2, 0) is 6.54 Å². The third-order valence-corrected chi connectivity index (χ3v) is 5.94. The molecule has 4 aromatic rings. The lowest BCUT2D eigenvalue weighted by Crippen LogP contribution is -2.38. The average Bonchev–Trinajstić information content (AvgIpc) is 3.21. The van der Waals surface area contributed by atoms with Crippen LogP contribution in [0.1, 0.15) is 26.3 Å². The molecule has 0 aliphatic carbocycles. The smallest absolute Gasteiger partial charge is 0.261 e. The second-order valence-corrected chi connectivity index (χ2v) is 7.89. The molecule has 1 aliphatic rings. The fourth-order valence-electron chi connectivity index (χ4n) is 4.52. The second kappa shape index (κ2) is 7.52. The van der Waals surface area contributed by atoms with E-state index in [0.717, 1.165) is 32.6 Å². The second-order valence-electron chi connectivity index (χ2n) is 7.89. The first-order chi connectivity index (χ1) is 15.1. The van der Waals surface area contributed by atoms with E-state index in [0.29, 0.717) is 11.1 Å². The standard InChI is InChI=1S/C26H22N2O3/c1-17-20-11-7-8-14-23(20)27(24(17)18-9-3-2-4-10-18)15-19(29)16-28-25(30)21-12-5-6-13-22(21)26(28)31/h2-14,19,29H,15-16H2,1H3/t19-/m1/s1. The van der Waals surface area contributed by atoms with E-state index < -0.39 is 6.10 Å². The van der Waals surface area contributed by atoms with Gasteiger partial charge in [0, 0.05) is 10.9 Å². The van der Waals surface area contributed by atoms with Gasteiger partial charge in [-0.25, -0.2) is 0 Å². The molecule has 2 heterocycles. The fourth-order valence-corrected chi connectivity index (χ4v) is 4.52. The summed E-state index contributed by atoms with van der Waals surface area (Å²) in [5.41, 5.74) is 5.03. The van der Waals surface area contributed by atoms with Gasteiger partial charge in [-0.15, -0.1) is 0 Å². The van der Waals surface area contributed by atoms with Crippen molar-refractivity contribution >= 4 is 22.7 Å². The maximum absolute atomic E-state index is 12.7. The normalized spacial score (nSPS) is 14.3. The van der Waals surface area contributed by atoms with Gasteiger partial charge in [-0.05, 0) is 36.2 Å². The lowest BCUT2D eigenvalue weighted by atomic mass is 10.1. The molecule has 154 valence electrons. The SMILES string of the molecule is Cc1c(-c2ccccc2)n(C[C@@H](O)CN2C(=O)c3ccccc3C2=O)c2ccccc12. The number of aryl methyl sites for hydroxylation is 1. The van der Waals surface area contributed by atoms with E-state index in [-0.39, 0.29) is 24.9 Å². The number of aliphatic hydroxyl groups is 1. The maximum atomic E-state index is 12.7. The molecule has 1 N–H and O–H groups in total. The van der Waals surface area contributed by atoms with Crippen molar-refractivity contribution in [2.45, 2.75) is 19.6 Å². The van der Waals surface area contributed by atoms with Crippen LogP contribution in [0.15, 0.2) is 78.9 Å². The fraction of sp³-hybridized carbons (Fsp3) is 0.154. The van der Waals surface area contributed by atoms with Crippen LogP contribution in [0.5, 0.6) is 0 Å². The Labute approximate surface area is 180 Å². The summed E-state index contributed by atoms with van der Waals surface area (Å²) in [6, 6.07) is 24.9. The molecule has 5 nitrogen and oxygen atoms in total. The number of hydrogen-bond donors (Lipinski definition) is 1. The molecule has 1 aromatic heterocycles. The molecule has 3 aromatic carbocycles. The van der Waals surface area contributed by atoms with E-state index >= 15 is 0 Å². The van der Waals surface area contributed by atoms with Crippen molar-refractivity contribution in [2.75, 3.05) is 6.54 Å². The Kier molecular flexibility index (Phi) is 4.68. The third-order valence-electron chi connectivity index (χ3n) is 5.94. The highest BCUT2D eigenvalue weighted by atomic mass is 16.3. The first-order valence-corrected chi connectivity index (χ1v) is 10.3. The van der Waals surface area contributed by atoms with E-state index in [1.807, 2.05) is 48.5 Å². The average molecular weight is 410 g/mol. The van der Waals surface area contributed by atoms with Crippen LogP contribution in [0.25, 0.3) is 22.2 Å². The van der Waals surface area contributed by atoms with Crippen LogP contribution < -0.4 is 0 Å². The number of hydrogen-bond acceptors (Lipinski definition) is 3. The molecule has 2 amide bonds. The summed E-state index contributed by atoms with van der Waals surface area (Å²) in [6.07, 6.45) is -0.903. The molecule has 0 fully saturated rings. The number of aromatic nitrogens is 1. The van der Waals surface area contributed by atoms with Gasteiger partial charge in [-0.1, -0.05) is 60.7 Å². The van der Waals surface area contributed by atoms with E-state index in [1.54, 1.807) is 24.3 Å². The maximum Gasteiger partial charge on any atom is 0.261 e. The van der Waals surface area contributed by atoms with Gasteiger partial charge < -0.3 is 9.67 Å². The Morgan fingerprint density at radius 2 is 1.35 bits per heavy atom. The molecular weight excluding hydrogens is 388 g/mol. The number of imide groups is 1. The first kappa shape index (κ1) is 19.3. The van der Waals surface area contributed by atoms with Gasteiger partial charge >= 0.3 is 0 Å². The molecule has 0 spiro atoms. The van der Waals surface area contributed by atoms with Gasteiger partial charge in [0.05, 0.1) is 36.0 Å². The van der Waals surface area contributed by atoms with Crippen LogP contribution in [0.4, 0.5) is 0 Å². The van der Waals surface area contributed by atoms with Crippen LogP contribution >= 0.6 is 0 Å². The van der Waals surface area contributed by atoms with Crippen molar-refractivity contribution in [1.82, 2.24) is 9.47 Å². The molecule has 1 atom stereocenters. The number of carbonyl (C=O) groups is 2. The van der Waals surface area contributed by atoms with Crippen LogP contribution in [0.3, 0.4) is 0 Å². The number of aliphatic hydroxyl groups excluding tert-OH is 1. The zero-order valence-corrected chi connectivity index (χ0v) is 17.2. The minimum Gasteiger partial charge on any atom is -0.389 e. The molecule has 0 saturated heterocycles. The number of fused-ring (bicyclic) bond motifs is 2. The molecular formula is C26H22N2O3. The highest BCUT2D eigenvalue weighted by Gasteiger charge is 2.36. The summed E-state index contributed by atoms with van der Waals surface area (Å²) in [5, 5.41) is 12.1. The number of amides is 2. The summed E-state index contributed by atoms with van der Waals surface area (Å²) in [6.45, 7) is 2.30. The molecule has 1 aliphatic heterocycles. The number of β-amino-alcohol motifs (C(OH)–C–C–N with tert-alkyl or cyclic N) is 1. The van der Waals surface area contributed by atoms with E-state index in [9.17, 15) is 14.7 Å². The molecule has 0 saturated carbocycles. The minimum absolute atomic E-state index is 0.0495. The quantitative estimate of drug-likeness (QED) is 0.500. The zero-order valence-electron chi connectivity index (χ0n) is 17.2. The third kappa shape index (κ3) is 3.14. The topological polar surface area (TPSA) is 62.5 Å². The molecule has 0 unspecified atom stereocenters. The largest absolute Gasteiger partial charge is 0.389 e. The summed E-state index contributed by atoms with van der Waals surface area (Å²) < 4.78 is 2.09. The van der Waals surface area contributed by atoms with E-state index in [4.69, 9.17) is 0 Å². The van der Waals surface area contributed by atoms with Crippen molar-refractivity contribution in [3.8, 4) is 11.3 Å². The molecule has 0 bridgehead atoms. The van der Waals surface area contributed by atoms with Gasteiger partial charge in [0.25, 0.3) is 11.8 Å². The molecule has 5 rings (SSSR count). The Balaban J connectivity index is 1.49. The van der Waals surface area contributed by atoms with Crippen molar-refractivity contribution in [2.24, 2.45) is 0 Å². The number of rotatable bonds is 5. The summed E-state index contributed by atoms with van der Waals surface area (Å²) in [7, 11) is 0. The van der Waals surface area contributed by atoms with Crippen LogP contribution in [-0.4, -0.2) is 39.0 Å². The van der Waals surface area contributed by atoms with Crippen LogP contribution in [0, 0.1) is 6.92 Å². The first-order valence-electron chi connectivity index (χ1n) is 10.3. The number of carbonyl (C=O) groups excluding carboxylic acids is 2. The van der Waals surface area contributed by atoms with Gasteiger partial charge in [0.15, 0.2) is 0 Å². The highest BCUT2D eigenvalue weighted by Crippen LogP contribution is 2.33. The predicted molar refractivity (Wildman–Crippen MR) is 120 cm³/mol. The molecule has 31 heavy (non-hydrogen) atoms. The minimum atomic E-state index is -0.903. The summed E-state index contributed by atoms with van der Waals surface area (Å²) in [5.74, 6) is -0.701. The number of para-hydroxylation sites is 1. The zero-order chi connectivity index (χ0) is 21.5. The lowest BCUT2D eigenvalue weighted by molar-refractivity contribution is 0.0523. The Morgan fingerprint density at radius 1 is 0.774 bits per heavy atom. The molecule has 0 radical (unpaired) electrons. The van der Waals surface area contributed by atoms with Crippen molar-refractivity contribution in [1.29, 1.82) is 0 Å². The summed E-state index contributed by atoms with van der Waals surface area (Å²) >= 11 is 0.